The number of pyridine rings is 1. The molecule has 1 saturated heterocycles. The molecule has 0 radical (unpaired) electrons. The van der Waals surface area contributed by atoms with Crippen molar-refractivity contribution >= 4 is 17.6 Å². The SMILES string of the molecule is N#Cc1cccnc1N1CCC(CNC(=O)C(=O)NC2CCCC2)CC1. The fourth-order valence-electron chi connectivity index (χ4n) is 3.72. The molecule has 7 nitrogen and oxygen atoms in total. The van der Waals surface area contributed by atoms with Gasteiger partial charge in [0.25, 0.3) is 0 Å². The second-order valence-electron chi connectivity index (χ2n) is 7.08. The molecule has 1 aliphatic carbocycles. The van der Waals surface area contributed by atoms with Gasteiger partial charge in [-0.05, 0) is 43.7 Å². The number of hydrogen-bond donors (Lipinski definition) is 2. The minimum Gasteiger partial charge on any atom is -0.356 e. The van der Waals surface area contributed by atoms with Gasteiger partial charge in [-0.25, -0.2) is 4.98 Å². The molecule has 2 aliphatic rings. The molecule has 1 saturated carbocycles. The van der Waals surface area contributed by atoms with E-state index in [1.54, 1.807) is 18.3 Å². The molecule has 2 amide bonds. The summed E-state index contributed by atoms with van der Waals surface area (Å²) in [7, 11) is 0. The molecule has 0 atom stereocenters. The number of nitrogens with zero attached hydrogens (tertiary/aromatic N) is 3. The van der Waals surface area contributed by atoms with Crippen LogP contribution >= 0.6 is 0 Å². The van der Waals surface area contributed by atoms with Crippen LogP contribution in [-0.4, -0.2) is 42.5 Å². The van der Waals surface area contributed by atoms with Crippen LogP contribution in [0.25, 0.3) is 0 Å². The lowest BCUT2D eigenvalue weighted by atomic mass is 9.96. The highest BCUT2D eigenvalue weighted by Crippen LogP contribution is 2.23. The highest BCUT2D eigenvalue weighted by Gasteiger charge is 2.24. The van der Waals surface area contributed by atoms with E-state index in [1.165, 1.54) is 0 Å². The first kappa shape index (κ1) is 18.2. The van der Waals surface area contributed by atoms with Crippen molar-refractivity contribution in [2.75, 3.05) is 24.5 Å². The smallest absolute Gasteiger partial charge is 0.309 e. The topological polar surface area (TPSA) is 98.1 Å². The summed E-state index contributed by atoms with van der Waals surface area (Å²) >= 11 is 0. The summed E-state index contributed by atoms with van der Waals surface area (Å²) in [6, 6.07) is 5.88. The Morgan fingerprint density at radius 3 is 2.62 bits per heavy atom. The molecule has 2 N–H and O–H groups in total. The third-order valence-electron chi connectivity index (χ3n) is 5.27. The van der Waals surface area contributed by atoms with Gasteiger partial charge in [0.15, 0.2) is 0 Å². The van der Waals surface area contributed by atoms with Gasteiger partial charge in [0.2, 0.25) is 0 Å². The van der Waals surface area contributed by atoms with Crippen molar-refractivity contribution in [3.8, 4) is 6.07 Å². The third kappa shape index (κ3) is 4.51. The number of anilines is 1. The van der Waals surface area contributed by atoms with Crippen molar-refractivity contribution in [2.45, 2.75) is 44.6 Å². The molecule has 2 fully saturated rings. The largest absolute Gasteiger partial charge is 0.356 e. The van der Waals surface area contributed by atoms with Crippen LogP contribution in [0.2, 0.25) is 0 Å². The van der Waals surface area contributed by atoms with E-state index in [0.717, 1.165) is 57.4 Å². The van der Waals surface area contributed by atoms with Crippen molar-refractivity contribution in [2.24, 2.45) is 5.92 Å². The summed E-state index contributed by atoms with van der Waals surface area (Å²) in [5, 5.41) is 14.8. The molecule has 138 valence electrons. The van der Waals surface area contributed by atoms with E-state index in [0.29, 0.717) is 18.0 Å². The number of nitrogens with one attached hydrogen (secondary N) is 2. The molecular formula is C19H25N5O2. The Morgan fingerprint density at radius 1 is 1.19 bits per heavy atom. The summed E-state index contributed by atoms with van der Waals surface area (Å²) in [4.78, 5) is 30.3. The monoisotopic (exact) mass is 355 g/mol. The van der Waals surface area contributed by atoms with Crippen molar-refractivity contribution in [1.29, 1.82) is 5.26 Å². The Balaban J connectivity index is 1.42. The second-order valence-corrected chi connectivity index (χ2v) is 7.08. The highest BCUT2D eigenvalue weighted by molar-refractivity contribution is 6.35. The average molecular weight is 355 g/mol. The Bertz CT molecular complexity index is 685. The highest BCUT2D eigenvalue weighted by atomic mass is 16.2. The Kier molecular flexibility index (Phi) is 6.05. The molecule has 0 unspecified atom stereocenters. The fourth-order valence-corrected chi connectivity index (χ4v) is 3.72. The summed E-state index contributed by atoms with van der Waals surface area (Å²) in [5.41, 5.74) is 0.586. The van der Waals surface area contributed by atoms with Crippen LogP contribution in [-0.2, 0) is 9.59 Å². The average Bonchev–Trinajstić information content (AvgIpc) is 3.19. The lowest BCUT2D eigenvalue weighted by molar-refractivity contribution is -0.139. The maximum absolute atomic E-state index is 12.0. The van der Waals surface area contributed by atoms with E-state index in [9.17, 15) is 14.9 Å². The minimum absolute atomic E-state index is 0.157. The predicted octanol–water partition coefficient (Wildman–Crippen LogP) is 1.34. The maximum Gasteiger partial charge on any atom is 0.309 e. The molecule has 1 aliphatic heterocycles. The summed E-state index contributed by atoms with van der Waals surface area (Å²) in [6.45, 7) is 2.10. The molecule has 3 rings (SSSR count). The number of carbonyl (C=O) groups excluding carboxylic acids is 2. The van der Waals surface area contributed by atoms with Crippen LogP contribution in [0.5, 0.6) is 0 Å². The number of amides is 2. The molecule has 0 aromatic carbocycles. The van der Waals surface area contributed by atoms with Crippen molar-refractivity contribution < 1.29 is 9.59 Å². The number of piperidine rings is 1. The second kappa shape index (κ2) is 8.65. The predicted molar refractivity (Wildman–Crippen MR) is 97.3 cm³/mol. The molecule has 1 aromatic rings. The van der Waals surface area contributed by atoms with Crippen LogP contribution in [0.4, 0.5) is 5.82 Å². The Labute approximate surface area is 153 Å². The first-order valence-electron chi connectivity index (χ1n) is 9.36. The van der Waals surface area contributed by atoms with Gasteiger partial charge in [0.05, 0.1) is 5.56 Å². The van der Waals surface area contributed by atoms with Gasteiger partial charge in [-0.1, -0.05) is 12.8 Å². The van der Waals surface area contributed by atoms with Crippen LogP contribution in [0, 0.1) is 17.2 Å². The summed E-state index contributed by atoms with van der Waals surface area (Å²) in [6.07, 6.45) is 7.67. The first-order chi connectivity index (χ1) is 12.7. The molecule has 2 heterocycles. The standard InChI is InChI=1S/C19H25N5O2/c20-12-15-4-3-9-21-17(15)24-10-7-14(8-11-24)13-22-18(25)19(26)23-16-5-1-2-6-16/h3-4,9,14,16H,1-2,5-8,10-11,13H2,(H,22,25)(H,23,26). The molecule has 7 heteroatoms. The van der Waals surface area contributed by atoms with Gasteiger partial charge < -0.3 is 15.5 Å². The van der Waals surface area contributed by atoms with Crippen molar-refractivity contribution in [3.05, 3.63) is 23.9 Å². The normalized spacial score (nSPS) is 18.3. The van der Waals surface area contributed by atoms with Gasteiger partial charge >= 0.3 is 11.8 Å². The van der Waals surface area contributed by atoms with E-state index in [4.69, 9.17) is 0 Å². The van der Waals surface area contributed by atoms with Gasteiger partial charge in [0, 0.05) is 31.9 Å². The number of rotatable bonds is 4. The zero-order valence-electron chi connectivity index (χ0n) is 14.9. The van der Waals surface area contributed by atoms with Crippen molar-refractivity contribution in [1.82, 2.24) is 15.6 Å². The summed E-state index contributed by atoms with van der Waals surface area (Å²) in [5.74, 6) is 0.0226. The van der Waals surface area contributed by atoms with Crippen LogP contribution in [0.3, 0.4) is 0 Å². The van der Waals surface area contributed by atoms with E-state index in [2.05, 4.69) is 26.6 Å². The zero-order valence-corrected chi connectivity index (χ0v) is 14.9. The minimum atomic E-state index is -0.532. The third-order valence-corrected chi connectivity index (χ3v) is 5.27. The molecule has 0 bridgehead atoms. The van der Waals surface area contributed by atoms with E-state index >= 15 is 0 Å². The van der Waals surface area contributed by atoms with E-state index < -0.39 is 11.8 Å². The Hall–Kier alpha value is -2.62. The van der Waals surface area contributed by atoms with Gasteiger partial charge in [-0.3, -0.25) is 9.59 Å². The molecule has 0 spiro atoms. The van der Waals surface area contributed by atoms with Gasteiger partial charge in [-0.15, -0.1) is 0 Å². The lowest BCUT2D eigenvalue weighted by Crippen LogP contribution is -2.46. The molecule has 1 aromatic heterocycles. The quantitative estimate of drug-likeness (QED) is 0.795. The number of carbonyl (C=O) groups is 2. The first-order valence-corrected chi connectivity index (χ1v) is 9.36. The molecular weight excluding hydrogens is 330 g/mol. The maximum atomic E-state index is 12.0. The Morgan fingerprint density at radius 2 is 1.92 bits per heavy atom. The molecule has 26 heavy (non-hydrogen) atoms. The van der Waals surface area contributed by atoms with Crippen LogP contribution in [0.1, 0.15) is 44.1 Å². The van der Waals surface area contributed by atoms with Crippen molar-refractivity contribution in [3.63, 3.8) is 0 Å². The van der Waals surface area contributed by atoms with E-state index in [1.807, 2.05) is 0 Å². The zero-order chi connectivity index (χ0) is 18.4. The van der Waals surface area contributed by atoms with E-state index in [-0.39, 0.29) is 6.04 Å². The van der Waals surface area contributed by atoms with Crippen LogP contribution < -0.4 is 15.5 Å². The van der Waals surface area contributed by atoms with Crippen LogP contribution in [0.15, 0.2) is 18.3 Å². The number of hydrogen-bond acceptors (Lipinski definition) is 5. The van der Waals surface area contributed by atoms with Gasteiger partial charge in [-0.2, -0.15) is 5.26 Å². The fraction of sp³-hybridized carbons (Fsp3) is 0.579. The van der Waals surface area contributed by atoms with Gasteiger partial charge in [0.1, 0.15) is 11.9 Å². The summed E-state index contributed by atoms with van der Waals surface area (Å²) < 4.78 is 0. The lowest BCUT2D eigenvalue weighted by Gasteiger charge is -2.33. The number of nitriles is 1. The number of aromatic nitrogens is 1.